The Morgan fingerprint density at radius 1 is 1.00 bits per heavy atom. The number of nitrogens with one attached hydrogen (secondary N) is 1. The molecule has 0 spiro atoms. The van der Waals surface area contributed by atoms with E-state index < -0.39 is 17.6 Å². The number of hydrogen-bond donors (Lipinski definition) is 2. The fourth-order valence-corrected chi connectivity index (χ4v) is 4.70. The molecule has 5 nitrogen and oxygen atoms in total. The van der Waals surface area contributed by atoms with E-state index in [0.717, 1.165) is 31.4 Å². The molecule has 0 saturated heterocycles. The van der Waals surface area contributed by atoms with Crippen LogP contribution in [0.15, 0.2) is 72.8 Å². The summed E-state index contributed by atoms with van der Waals surface area (Å²) in [5, 5.41) is 12.3. The zero-order valence-corrected chi connectivity index (χ0v) is 19.1. The summed E-state index contributed by atoms with van der Waals surface area (Å²) >= 11 is 2.18. The molecule has 6 heteroatoms. The number of carbonyl (C=O) groups excluding carboxylic acids is 1. The highest BCUT2D eigenvalue weighted by Gasteiger charge is 2.36. The van der Waals surface area contributed by atoms with Crippen molar-refractivity contribution in [1.29, 1.82) is 0 Å². The number of rotatable bonds is 6. The summed E-state index contributed by atoms with van der Waals surface area (Å²) in [6.45, 7) is 1.63. The predicted molar refractivity (Wildman–Crippen MR) is 127 cm³/mol. The lowest BCUT2D eigenvalue weighted by Crippen LogP contribution is -2.54. The molecule has 0 fully saturated rings. The van der Waals surface area contributed by atoms with Crippen LogP contribution in [-0.2, 0) is 16.0 Å². The summed E-state index contributed by atoms with van der Waals surface area (Å²) in [5.41, 5.74) is 3.85. The zero-order chi connectivity index (χ0) is 22.0. The summed E-state index contributed by atoms with van der Waals surface area (Å²) in [4.78, 5) is 24.6. The standard InChI is InChI=1S/C25H22INO4/c1-25(23(28)29,14-16-7-6-8-17(26)13-16)27-24(30)31-15-22-20-11-4-2-9-18(20)19-10-3-5-12-21(19)22/h2-13,22H,14-15H2,1H3,(H,27,30)(H,28,29). The Morgan fingerprint density at radius 2 is 1.61 bits per heavy atom. The zero-order valence-electron chi connectivity index (χ0n) is 17.0. The van der Waals surface area contributed by atoms with Crippen LogP contribution in [-0.4, -0.2) is 29.3 Å². The van der Waals surface area contributed by atoms with Crippen molar-refractivity contribution in [3.8, 4) is 11.1 Å². The molecule has 31 heavy (non-hydrogen) atoms. The highest BCUT2D eigenvalue weighted by atomic mass is 127. The van der Waals surface area contributed by atoms with Crippen LogP contribution in [0.4, 0.5) is 4.79 Å². The molecule has 3 aromatic rings. The van der Waals surface area contributed by atoms with Gasteiger partial charge in [-0.15, -0.1) is 0 Å². The highest BCUT2D eigenvalue weighted by molar-refractivity contribution is 14.1. The number of carbonyl (C=O) groups is 2. The summed E-state index contributed by atoms with van der Waals surface area (Å²) in [6, 6.07) is 23.7. The van der Waals surface area contributed by atoms with E-state index in [2.05, 4.69) is 40.0 Å². The van der Waals surface area contributed by atoms with Crippen molar-refractivity contribution >= 4 is 34.7 Å². The lowest BCUT2D eigenvalue weighted by Gasteiger charge is -2.26. The van der Waals surface area contributed by atoms with Gasteiger partial charge < -0.3 is 15.2 Å². The van der Waals surface area contributed by atoms with Crippen molar-refractivity contribution in [3.63, 3.8) is 0 Å². The predicted octanol–water partition coefficient (Wildman–Crippen LogP) is 5.22. The molecule has 0 bridgehead atoms. The Morgan fingerprint density at radius 3 is 2.19 bits per heavy atom. The Bertz CT molecular complexity index is 1100. The molecule has 0 aliphatic heterocycles. The largest absolute Gasteiger partial charge is 0.480 e. The molecule has 0 saturated carbocycles. The number of halogens is 1. The number of amides is 1. The Hall–Kier alpha value is -2.87. The van der Waals surface area contributed by atoms with E-state index in [4.69, 9.17) is 4.74 Å². The van der Waals surface area contributed by atoms with Crippen LogP contribution in [0.25, 0.3) is 11.1 Å². The number of alkyl carbamates (subject to hydrolysis) is 1. The van der Waals surface area contributed by atoms with Gasteiger partial charge in [0.1, 0.15) is 12.1 Å². The Labute approximate surface area is 194 Å². The molecule has 1 aliphatic carbocycles. The molecule has 0 aromatic heterocycles. The van der Waals surface area contributed by atoms with Crippen LogP contribution in [0.3, 0.4) is 0 Å². The first-order valence-electron chi connectivity index (χ1n) is 9.98. The molecular weight excluding hydrogens is 505 g/mol. The average molecular weight is 527 g/mol. The van der Waals surface area contributed by atoms with Crippen LogP contribution in [0.5, 0.6) is 0 Å². The number of ether oxygens (including phenoxy) is 1. The van der Waals surface area contributed by atoms with Gasteiger partial charge in [0.2, 0.25) is 0 Å². The van der Waals surface area contributed by atoms with Crippen molar-refractivity contribution in [2.24, 2.45) is 0 Å². The molecule has 1 aliphatic rings. The number of aliphatic carboxylic acids is 1. The monoisotopic (exact) mass is 527 g/mol. The number of hydrogen-bond acceptors (Lipinski definition) is 3. The van der Waals surface area contributed by atoms with E-state index in [0.29, 0.717) is 0 Å². The maximum atomic E-state index is 12.6. The maximum Gasteiger partial charge on any atom is 0.408 e. The summed E-state index contributed by atoms with van der Waals surface area (Å²) in [7, 11) is 0. The first-order valence-corrected chi connectivity index (χ1v) is 11.1. The SMILES string of the molecule is CC(Cc1cccc(I)c1)(NC(=O)OCC1c2ccccc2-c2ccccc21)C(=O)O. The third kappa shape index (κ3) is 4.44. The van der Waals surface area contributed by atoms with Crippen LogP contribution < -0.4 is 5.32 Å². The van der Waals surface area contributed by atoms with Gasteiger partial charge in [-0.3, -0.25) is 0 Å². The normalized spacial score (nSPS) is 14.3. The number of fused-ring (bicyclic) bond motifs is 3. The molecule has 158 valence electrons. The molecule has 3 aromatic carbocycles. The minimum atomic E-state index is -1.48. The second kappa shape index (κ2) is 8.70. The van der Waals surface area contributed by atoms with Gasteiger partial charge >= 0.3 is 12.1 Å². The van der Waals surface area contributed by atoms with Crippen molar-refractivity contribution in [2.75, 3.05) is 6.61 Å². The van der Waals surface area contributed by atoms with Crippen molar-refractivity contribution in [3.05, 3.63) is 93.1 Å². The number of carboxylic acid groups (broad SMARTS) is 1. The van der Waals surface area contributed by atoms with Crippen LogP contribution in [0.2, 0.25) is 0 Å². The van der Waals surface area contributed by atoms with Crippen LogP contribution in [0.1, 0.15) is 29.5 Å². The molecule has 1 atom stereocenters. The Kier molecular flexibility index (Phi) is 6.00. The van der Waals surface area contributed by atoms with Gasteiger partial charge in [0.25, 0.3) is 0 Å². The second-order valence-corrected chi connectivity index (χ2v) is 9.14. The maximum absolute atomic E-state index is 12.6. The first kappa shape index (κ1) is 21.4. The number of carboxylic acids is 1. The smallest absolute Gasteiger partial charge is 0.408 e. The lowest BCUT2D eigenvalue weighted by atomic mass is 9.93. The lowest BCUT2D eigenvalue weighted by molar-refractivity contribution is -0.143. The minimum Gasteiger partial charge on any atom is -0.480 e. The summed E-state index contributed by atoms with van der Waals surface area (Å²) in [6.07, 6.45) is -0.582. The van der Waals surface area contributed by atoms with Crippen molar-refractivity contribution in [2.45, 2.75) is 24.8 Å². The summed E-state index contributed by atoms with van der Waals surface area (Å²) < 4.78 is 6.54. The average Bonchev–Trinajstić information content (AvgIpc) is 3.06. The van der Waals surface area contributed by atoms with Gasteiger partial charge in [-0.25, -0.2) is 9.59 Å². The molecule has 1 amide bonds. The molecule has 1 unspecified atom stereocenters. The molecular formula is C25H22INO4. The quantitative estimate of drug-likeness (QED) is 0.432. The van der Waals surface area contributed by atoms with Gasteiger partial charge in [0, 0.05) is 15.9 Å². The van der Waals surface area contributed by atoms with Crippen molar-refractivity contribution < 1.29 is 19.4 Å². The van der Waals surface area contributed by atoms with E-state index in [-0.39, 0.29) is 18.9 Å². The molecule has 0 heterocycles. The summed E-state index contributed by atoms with van der Waals surface area (Å²) in [5.74, 6) is -1.19. The third-order valence-electron chi connectivity index (χ3n) is 5.64. The van der Waals surface area contributed by atoms with E-state index in [9.17, 15) is 14.7 Å². The van der Waals surface area contributed by atoms with Crippen LogP contribution >= 0.6 is 22.6 Å². The molecule has 2 N–H and O–H groups in total. The molecule has 0 radical (unpaired) electrons. The minimum absolute atomic E-state index is 0.0788. The van der Waals surface area contributed by atoms with Gasteiger partial charge in [-0.2, -0.15) is 0 Å². The Balaban J connectivity index is 1.47. The first-order chi connectivity index (χ1) is 14.9. The van der Waals surface area contributed by atoms with E-state index in [1.807, 2.05) is 60.7 Å². The fourth-order valence-electron chi connectivity index (χ4n) is 4.09. The van der Waals surface area contributed by atoms with E-state index in [1.54, 1.807) is 0 Å². The van der Waals surface area contributed by atoms with E-state index >= 15 is 0 Å². The van der Waals surface area contributed by atoms with E-state index in [1.165, 1.54) is 6.92 Å². The highest BCUT2D eigenvalue weighted by Crippen LogP contribution is 2.44. The third-order valence-corrected chi connectivity index (χ3v) is 6.31. The second-order valence-electron chi connectivity index (χ2n) is 7.89. The topological polar surface area (TPSA) is 75.6 Å². The fraction of sp³-hybridized carbons (Fsp3) is 0.200. The van der Waals surface area contributed by atoms with Gasteiger partial charge in [0.15, 0.2) is 0 Å². The van der Waals surface area contributed by atoms with Gasteiger partial charge in [-0.1, -0.05) is 60.7 Å². The van der Waals surface area contributed by atoms with Gasteiger partial charge in [-0.05, 0) is 69.5 Å². The van der Waals surface area contributed by atoms with Crippen LogP contribution in [0, 0.1) is 3.57 Å². The number of benzene rings is 3. The van der Waals surface area contributed by atoms with Crippen molar-refractivity contribution in [1.82, 2.24) is 5.32 Å². The molecule has 4 rings (SSSR count). The van der Waals surface area contributed by atoms with Gasteiger partial charge in [0.05, 0.1) is 0 Å².